The lowest BCUT2D eigenvalue weighted by Crippen LogP contribution is -1.84. The van der Waals surface area contributed by atoms with Gasteiger partial charge in [0.2, 0.25) is 0 Å². The third-order valence-electron chi connectivity index (χ3n) is 8.67. The van der Waals surface area contributed by atoms with Crippen LogP contribution in [0.15, 0.2) is 167 Å². The van der Waals surface area contributed by atoms with E-state index in [1.807, 2.05) is 6.07 Å². The Kier molecular flexibility index (Phi) is 5.54. The largest absolute Gasteiger partial charge is 0.452 e. The topological polar surface area (TPSA) is 26.3 Å². The molecule has 2 heteroatoms. The van der Waals surface area contributed by atoms with Crippen LogP contribution < -0.4 is 0 Å². The molecule has 0 spiro atoms. The number of rotatable bonds is 4. The molecule has 0 aliphatic carbocycles. The summed E-state index contributed by atoms with van der Waals surface area (Å²) in [6.07, 6.45) is 0. The van der Waals surface area contributed by atoms with Gasteiger partial charge in [0.15, 0.2) is 11.2 Å². The Bertz CT molecular complexity index is 2470. The second-order valence-corrected chi connectivity index (χ2v) is 11.3. The van der Waals surface area contributed by atoms with Crippen molar-refractivity contribution in [3.63, 3.8) is 0 Å². The van der Waals surface area contributed by atoms with Gasteiger partial charge in [-0.25, -0.2) is 0 Å². The molecule has 0 amide bonds. The molecule has 0 radical (unpaired) electrons. The molecular formula is C42H26O2. The minimum atomic E-state index is 0.778. The highest BCUT2D eigenvalue weighted by molar-refractivity contribution is 6.24. The monoisotopic (exact) mass is 562 g/mol. The third-order valence-corrected chi connectivity index (χ3v) is 8.67. The normalized spacial score (nSPS) is 11.6. The molecule has 0 bridgehead atoms. The van der Waals surface area contributed by atoms with E-state index in [9.17, 15) is 0 Å². The van der Waals surface area contributed by atoms with Gasteiger partial charge in [-0.1, -0.05) is 121 Å². The molecule has 9 rings (SSSR count). The summed E-state index contributed by atoms with van der Waals surface area (Å²) in [6.45, 7) is 0. The Morgan fingerprint density at radius 3 is 1.39 bits per heavy atom. The fourth-order valence-electron chi connectivity index (χ4n) is 6.52. The van der Waals surface area contributed by atoms with Crippen molar-refractivity contribution in [2.75, 3.05) is 0 Å². The summed E-state index contributed by atoms with van der Waals surface area (Å²) in [6, 6.07) is 55.6. The van der Waals surface area contributed by atoms with Crippen LogP contribution in [0.25, 0.3) is 88.4 Å². The van der Waals surface area contributed by atoms with Gasteiger partial charge in [0.25, 0.3) is 0 Å². The van der Waals surface area contributed by atoms with Gasteiger partial charge in [0.05, 0.1) is 0 Å². The molecule has 0 aliphatic rings. The lowest BCUT2D eigenvalue weighted by molar-refractivity contribution is 0.633. The van der Waals surface area contributed by atoms with Gasteiger partial charge in [-0.15, -0.1) is 0 Å². The molecule has 9 aromatic rings. The average molecular weight is 563 g/mol. The van der Waals surface area contributed by atoms with E-state index in [0.717, 1.165) is 66.1 Å². The predicted octanol–water partition coefficient (Wildman–Crippen LogP) is 12.2. The van der Waals surface area contributed by atoms with Crippen molar-refractivity contribution in [2.24, 2.45) is 0 Å². The molecule has 2 heterocycles. The Morgan fingerprint density at radius 1 is 0.295 bits per heavy atom. The van der Waals surface area contributed by atoms with Crippen LogP contribution in [0.2, 0.25) is 0 Å². The Morgan fingerprint density at radius 2 is 0.773 bits per heavy atom. The maximum Gasteiger partial charge on any atom is 0.179 e. The van der Waals surface area contributed by atoms with E-state index in [2.05, 4.69) is 152 Å². The molecule has 0 aliphatic heterocycles. The highest BCUT2D eigenvalue weighted by Crippen LogP contribution is 2.46. The highest BCUT2D eigenvalue weighted by Gasteiger charge is 2.21. The van der Waals surface area contributed by atoms with E-state index in [0.29, 0.717) is 0 Å². The first-order valence-electron chi connectivity index (χ1n) is 14.9. The van der Waals surface area contributed by atoms with Gasteiger partial charge in [-0.2, -0.15) is 0 Å². The van der Waals surface area contributed by atoms with Crippen LogP contribution in [0.1, 0.15) is 0 Å². The summed E-state index contributed by atoms with van der Waals surface area (Å²) >= 11 is 0. The van der Waals surface area contributed by atoms with Crippen molar-refractivity contribution in [1.29, 1.82) is 0 Å². The maximum absolute atomic E-state index is 6.68. The van der Waals surface area contributed by atoms with Gasteiger partial charge in [-0.05, 0) is 80.9 Å². The smallest absolute Gasteiger partial charge is 0.179 e. The number of furan rings is 2. The van der Waals surface area contributed by atoms with Gasteiger partial charge >= 0.3 is 0 Å². The summed E-state index contributed by atoms with van der Waals surface area (Å²) < 4.78 is 13.3. The van der Waals surface area contributed by atoms with E-state index < -0.39 is 0 Å². The predicted molar refractivity (Wildman–Crippen MR) is 183 cm³/mol. The van der Waals surface area contributed by atoms with Crippen LogP contribution in [0.3, 0.4) is 0 Å². The quantitative estimate of drug-likeness (QED) is 0.213. The number of fused-ring (bicyclic) bond motifs is 7. The molecule has 2 nitrogen and oxygen atoms in total. The fourth-order valence-corrected chi connectivity index (χ4v) is 6.52. The van der Waals surface area contributed by atoms with Crippen LogP contribution in [0.5, 0.6) is 0 Å². The molecule has 44 heavy (non-hydrogen) atoms. The molecule has 206 valence electrons. The minimum Gasteiger partial charge on any atom is -0.452 e. The Labute approximate surface area is 254 Å². The first kappa shape index (κ1) is 24.7. The zero-order valence-corrected chi connectivity index (χ0v) is 23.8. The Balaban J connectivity index is 1.37. The van der Waals surface area contributed by atoms with Gasteiger partial charge in [-0.3, -0.25) is 0 Å². The van der Waals surface area contributed by atoms with E-state index in [-0.39, 0.29) is 0 Å². The van der Waals surface area contributed by atoms with Crippen molar-refractivity contribution >= 4 is 43.9 Å². The van der Waals surface area contributed by atoms with Crippen LogP contribution >= 0.6 is 0 Å². The number of benzene rings is 7. The average Bonchev–Trinajstić information content (AvgIpc) is 3.67. The van der Waals surface area contributed by atoms with Crippen LogP contribution in [-0.2, 0) is 0 Å². The van der Waals surface area contributed by atoms with Gasteiger partial charge < -0.3 is 8.83 Å². The lowest BCUT2D eigenvalue weighted by Gasteiger charge is -2.09. The summed E-state index contributed by atoms with van der Waals surface area (Å²) in [5.41, 5.74) is 12.6. The highest BCUT2D eigenvalue weighted by atomic mass is 16.4. The third kappa shape index (κ3) is 3.96. The molecule has 0 fully saturated rings. The molecule has 0 atom stereocenters. The second-order valence-electron chi connectivity index (χ2n) is 11.3. The summed E-state index contributed by atoms with van der Waals surface area (Å²) in [5.74, 6) is 0. The van der Waals surface area contributed by atoms with Gasteiger partial charge in [0.1, 0.15) is 11.2 Å². The molecule has 0 N–H and O–H groups in total. The van der Waals surface area contributed by atoms with E-state index in [1.165, 1.54) is 22.3 Å². The molecule has 7 aromatic carbocycles. The van der Waals surface area contributed by atoms with E-state index >= 15 is 0 Å². The van der Waals surface area contributed by atoms with E-state index in [1.54, 1.807) is 0 Å². The van der Waals surface area contributed by atoms with Crippen molar-refractivity contribution in [3.8, 4) is 44.5 Å². The Hall–Kier alpha value is -5.86. The van der Waals surface area contributed by atoms with Crippen LogP contribution in [0.4, 0.5) is 0 Å². The first-order chi connectivity index (χ1) is 21.8. The molecule has 0 saturated heterocycles. The SMILES string of the molecule is c1ccc(-c2cccc(-c3cc4c5cc(-c6ccccc6)ccc5oc4c4oc5ccc(-c6ccccc6)cc5c34)c2)cc1. The van der Waals surface area contributed by atoms with Crippen molar-refractivity contribution < 1.29 is 8.83 Å². The summed E-state index contributed by atoms with van der Waals surface area (Å²) in [7, 11) is 0. The summed E-state index contributed by atoms with van der Waals surface area (Å²) in [5, 5.41) is 4.27. The fraction of sp³-hybridized carbons (Fsp3) is 0. The van der Waals surface area contributed by atoms with Crippen LogP contribution in [-0.4, -0.2) is 0 Å². The molecule has 0 saturated carbocycles. The maximum atomic E-state index is 6.68. The number of hydrogen-bond donors (Lipinski definition) is 0. The van der Waals surface area contributed by atoms with Crippen LogP contribution in [0, 0.1) is 0 Å². The van der Waals surface area contributed by atoms with E-state index in [4.69, 9.17) is 8.83 Å². The minimum absolute atomic E-state index is 0.778. The second kappa shape index (κ2) is 9.86. The zero-order valence-electron chi connectivity index (χ0n) is 23.8. The van der Waals surface area contributed by atoms with Gasteiger partial charge in [0, 0.05) is 21.5 Å². The number of hydrogen-bond acceptors (Lipinski definition) is 2. The van der Waals surface area contributed by atoms with Crippen molar-refractivity contribution in [1.82, 2.24) is 0 Å². The first-order valence-corrected chi connectivity index (χ1v) is 14.9. The van der Waals surface area contributed by atoms with Crippen molar-refractivity contribution in [3.05, 3.63) is 158 Å². The molecule has 0 unspecified atom stereocenters. The molecule has 2 aromatic heterocycles. The lowest BCUT2D eigenvalue weighted by atomic mass is 9.93. The summed E-state index contributed by atoms with van der Waals surface area (Å²) in [4.78, 5) is 0. The molecular weight excluding hydrogens is 536 g/mol. The standard InChI is InChI=1S/C42H26O2/c1-4-11-27(12-5-1)30-17-10-18-33(23-30)34-26-36-35-24-31(28-13-6-2-7-14-28)19-21-38(35)43-41(36)42-40(34)37-25-32(20-22-39(37)44-42)29-15-8-3-9-16-29/h1-26H. The van der Waals surface area contributed by atoms with Crippen molar-refractivity contribution in [2.45, 2.75) is 0 Å². The zero-order chi connectivity index (χ0) is 29.0.